The fourth-order valence-corrected chi connectivity index (χ4v) is 2.33. The van der Waals surface area contributed by atoms with Crippen LogP contribution in [-0.2, 0) is 14.3 Å². The Hall–Kier alpha value is -1.32. The van der Waals surface area contributed by atoms with Crippen molar-refractivity contribution in [3.8, 4) is 0 Å². The molecule has 0 fully saturated rings. The summed E-state index contributed by atoms with van der Waals surface area (Å²) in [4.78, 5) is 23.0. The SMILES string of the molecule is CCCCCCCOC(=O)C1CC=CCC1C(=O)O. The van der Waals surface area contributed by atoms with Gasteiger partial charge in [-0.1, -0.05) is 44.8 Å². The number of unbranched alkanes of at least 4 members (excludes halogenated alkanes) is 4. The van der Waals surface area contributed by atoms with Gasteiger partial charge in [-0.3, -0.25) is 9.59 Å². The number of hydrogen-bond acceptors (Lipinski definition) is 3. The smallest absolute Gasteiger partial charge is 0.310 e. The molecule has 1 aliphatic carbocycles. The molecule has 0 saturated heterocycles. The summed E-state index contributed by atoms with van der Waals surface area (Å²) in [5.41, 5.74) is 0. The molecular formula is C15H24O4. The van der Waals surface area contributed by atoms with Crippen LogP contribution in [0.3, 0.4) is 0 Å². The molecule has 0 heterocycles. The minimum absolute atomic E-state index is 0.354. The van der Waals surface area contributed by atoms with Crippen molar-refractivity contribution in [3.05, 3.63) is 12.2 Å². The first-order valence-corrected chi connectivity index (χ1v) is 7.21. The fraction of sp³-hybridized carbons (Fsp3) is 0.733. The van der Waals surface area contributed by atoms with E-state index in [0.29, 0.717) is 19.4 Å². The van der Waals surface area contributed by atoms with Crippen molar-refractivity contribution >= 4 is 11.9 Å². The molecule has 2 atom stereocenters. The lowest BCUT2D eigenvalue weighted by atomic mass is 9.83. The van der Waals surface area contributed by atoms with Crippen LogP contribution < -0.4 is 0 Å². The van der Waals surface area contributed by atoms with Gasteiger partial charge in [0.15, 0.2) is 0 Å². The molecule has 0 aromatic heterocycles. The number of esters is 1. The topological polar surface area (TPSA) is 63.6 Å². The van der Waals surface area contributed by atoms with E-state index >= 15 is 0 Å². The molecule has 1 rings (SSSR count). The van der Waals surface area contributed by atoms with E-state index in [4.69, 9.17) is 9.84 Å². The highest BCUT2D eigenvalue weighted by molar-refractivity contribution is 5.81. The van der Waals surface area contributed by atoms with Crippen LogP contribution in [0.4, 0.5) is 0 Å². The quantitative estimate of drug-likeness (QED) is 0.417. The van der Waals surface area contributed by atoms with Gasteiger partial charge in [0.05, 0.1) is 18.4 Å². The molecule has 4 heteroatoms. The number of ether oxygens (including phenoxy) is 1. The Balaban J connectivity index is 2.27. The number of carbonyl (C=O) groups is 2. The minimum atomic E-state index is -0.908. The van der Waals surface area contributed by atoms with E-state index in [-0.39, 0.29) is 5.97 Å². The van der Waals surface area contributed by atoms with Gasteiger partial charge in [0.1, 0.15) is 0 Å². The Kier molecular flexibility index (Phi) is 7.23. The second-order valence-electron chi connectivity index (χ2n) is 5.08. The van der Waals surface area contributed by atoms with Crippen LogP contribution in [0.25, 0.3) is 0 Å². The van der Waals surface area contributed by atoms with Gasteiger partial charge in [0.25, 0.3) is 0 Å². The summed E-state index contributed by atoms with van der Waals surface area (Å²) < 4.78 is 5.21. The van der Waals surface area contributed by atoms with Gasteiger partial charge >= 0.3 is 11.9 Å². The fourth-order valence-electron chi connectivity index (χ4n) is 2.33. The largest absolute Gasteiger partial charge is 0.481 e. The zero-order valence-electron chi connectivity index (χ0n) is 11.6. The lowest BCUT2D eigenvalue weighted by Crippen LogP contribution is -2.32. The van der Waals surface area contributed by atoms with Crippen LogP contribution in [0, 0.1) is 11.8 Å². The second kappa shape index (κ2) is 8.73. The van der Waals surface area contributed by atoms with Crippen molar-refractivity contribution in [2.75, 3.05) is 6.61 Å². The van der Waals surface area contributed by atoms with Crippen LogP contribution in [0.1, 0.15) is 51.9 Å². The van der Waals surface area contributed by atoms with Gasteiger partial charge in [-0.15, -0.1) is 0 Å². The van der Waals surface area contributed by atoms with Crippen molar-refractivity contribution < 1.29 is 19.4 Å². The van der Waals surface area contributed by atoms with E-state index < -0.39 is 17.8 Å². The molecule has 0 amide bonds. The average Bonchev–Trinajstić information content (AvgIpc) is 2.42. The lowest BCUT2D eigenvalue weighted by molar-refractivity contribution is -0.158. The number of hydrogen-bond donors (Lipinski definition) is 1. The maximum Gasteiger partial charge on any atom is 0.310 e. The molecule has 19 heavy (non-hydrogen) atoms. The predicted molar refractivity (Wildman–Crippen MR) is 72.7 cm³/mol. The van der Waals surface area contributed by atoms with Gasteiger partial charge in [0, 0.05) is 0 Å². The Morgan fingerprint density at radius 3 is 2.37 bits per heavy atom. The first kappa shape index (κ1) is 15.7. The van der Waals surface area contributed by atoms with Crippen molar-refractivity contribution in [1.29, 1.82) is 0 Å². The summed E-state index contributed by atoms with van der Waals surface area (Å²) in [6, 6.07) is 0. The summed E-state index contributed by atoms with van der Waals surface area (Å²) in [5.74, 6) is -2.41. The van der Waals surface area contributed by atoms with E-state index in [1.807, 2.05) is 12.2 Å². The number of carboxylic acids is 1. The van der Waals surface area contributed by atoms with E-state index in [0.717, 1.165) is 19.3 Å². The normalized spacial score (nSPS) is 22.2. The molecule has 0 aromatic rings. The highest BCUT2D eigenvalue weighted by Crippen LogP contribution is 2.27. The van der Waals surface area contributed by atoms with Gasteiger partial charge in [0.2, 0.25) is 0 Å². The molecule has 108 valence electrons. The molecule has 0 spiro atoms. The van der Waals surface area contributed by atoms with Crippen molar-refractivity contribution in [1.82, 2.24) is 0 Å². The molecule has 0 aliphatic heterocycles. The van der Waals surface area contributed by atoms with Crippen LogP contribution in [0.2, 0.25) is 0 Å². The molecular weight excluding hydrogens is 244 g/mol. The molecule has 0 radical (unpaired) electrons. The monoisotopic (exact) mass is 268 g/mol. The van der Waals surface area contributed by atoms with Crippen LogP contribution in [0.5, 0.6) is 0 Å². The van der Waals surface area contributed by atoms with Gasteiger partial charge in [-0.25, -0.2) is 0 Å². The Bertz CT molecular complexity index is 322. The lowest BCUT2D eigenvalue weighted by Gasteiger charge is -2.23. The number of rotatable bonds is 8. The van der Waals surface area contributed by atoms with Crippen LogP contribution in [0.15, 0.2) is 12.2 Å². The molecule has 4 nitrogen and oxygen atoms in total. The second-order valence-corrected chi connectivity index (χ2v) is 5.08. The third-order valence-electron chi connectivity index (χ3n) is 3.54. The molecule has 2 unspecified atom stereocenters. The Labute approximate surface area is 114 Å². The highest BCUT2D eigenvalue weighted by Gasteiger charge is 2.34. The van der Waals surface area contributed by atoms with Crippen LogP contribution >= 0.6 is 0 Å². The van der Waals surface area contributed by atoms with Crippen molar-refractivity contribution in [2.24, 2.45) is 11.8 Å². The zero-order chi connectivity index (χ0) is 14.1. The van der Waals surface area contributed by atoms with Gasteiger partial charge < -0.3 is 9.84 Å². The number of carbonyl (C=O) groups excluding carboxylic acids is 1. The number of carboxylic acid groups (broad SMARTS) is 1. The van der Waals surface area contributed by atoms with E-state index in [1.165, 1.54) is 12.8 Å². The Morgan fingerprint density at radius 2 is 1.74 bits per heavy atom. The standard InChI is InChI=1S/C15H24O4/c1-2-3-4-5-8-11-19-15(18)13-10-7-6-9-12(13)14(16)17/h6-7,12-13H,2-5,8-11H2,1H3,(H,16,17). The molecule has 1 N–H and O–H groups in total. The Morgan fingerprint density at radius 1 is 1.11 bits per heavy atom. The predicted octanol–water partition coefficient (Wildman–Crippen LogP) is 3.17. The summed E-state index contributed by atoms with van der Waals surface area (Å²) in [7, 11) is 0. The van der Waals surface area contributed by atoms with Crippen LogP contribution in [-0.4, -0.2) is 23.7 Å². The highest BCUT2D eigenvalue weighted by atomic mass is 16.5. The molecule has 1 aliphatic rings. The maximum absolute atomic E-state index is 11.9. The van der Waals surface area contributed by atoms with E-state index in [1.54, 1.807) is 0 Å². The summed E-state index contributed by atoms with van der Waals surface area (Å²) in [5, 5.41) is 9.08. The van der Waals surface area contributed by atoms with E-state index in [2.05, 4.69) is 6.92 Å². The van der Waals surface area contributed by atoms with Gasteiger partial charge in [-0.2, -0.15) is 0 Å². The average molecular weight is 268 g/mol. The third kappa shape index (κ3) is 5.45. The summed E-state index contributed by atoms with van der Waals surface area (Å²) in [6.45, 7) is 2.57. The summed E-state index contributed by atoms with van der Waals surface area (Å²) >= 11 is 0. The first-order valence-electron chi connectivity index (χ1n) is 7.21. The third-order valence-corrected chi connectivity index (χ3v) is 3.54. The minimum Gasteiger partial charge on any atom is -0.481 e. The van der Waals surface area contributed by atoms with Gasteiger partial charge in [-0.05, 0) is 19.3 Å². The molecule has 0 aromatic carbocycles. The summed E-state index contributed by atoms with van der Waals surface area (Å²) in [6.07, 6.45) is 10.1. The maximum atomic E-state index is 11.9. The van der Waals surface area contributed by atoms with Crippen molar-refractivity contribution in [3.63, 3.8) is 0 Å². The number of aliphatic carboxylic acids is 1. The zero-order valence-corrected chi connectivity index (χ0v) is 11.6. The number of allylic oxidation sites excluding steroid dienone is 2. The molecule has 0 bridgehead atoms. The van der Waals surface area contributed by atoms with E-state index in [9.17, 15) is 9.59 Å². The first-order chi connectivity index (χ1) is 9.16. The van der Waals surface area contributed by atoms with Crippen molar-refractivity contribution in [2.45, 2.75) is 51.9 Å². The molecule has 0 saturated carbocycles.